The molecular weight excluding hydrogens is 214 g/mol. The van der Waals surface area contributed by atoms with Crippen molar-refractivity contribution in [2.75, 3.05) is 0 Å². The van der Waals surface area contributed by atoms with Gasteiger partial charge in [0.05, 0.1) is 6.04 Å². The Labute approximate surface area is 92.4 Å². The number of Topliss-reactive ketones (excluding diaryl/α,β-unsaturated/α-hetero) is 1. The number of nitrogens with one attached hydrogen (secondary N) is 1. The van der Waals surface area contributed by atoms with Crippen molar-refractivity contribution < 1.29 is 9.59 Å². The lowest BCUT2D eigenvalue weighted by Crippen LogP contribution is -2.37. The highest BCUT2D eigenvalue weighted by molar-refractivity contribution is 6.31. The molecule has 1 N–H and O–H groups in total. The van der Waals surface area contributed by atoms with Crippen molar-refractivity contribution in [2.45, 2.75) is 19.4 Å². The highest BCUT2D eigenvalue weighted by Crippen LogP contribution is 2.25. The summed E-state index contributed by atoms with van der Waals surface area (Å²) in [5.41, 5.74) is 1.57. The van der Waals surface area contributed by atoms with E-state index in [-0.39, 0.29) is 11.7 Å². The molecule has 2 rings (SSSR count). The minimum Gasteiger partial charge on any atom is -0.346 e. The summed E-state index contributed by atoms with van der Waals surface area (Å²) >= 11 is 5.80. The first-order valence-electron chi connectivity index (χ1n) is 4.67. The molecule has 3 nitrogen and oxygen atoms in total. The lowest BCUT2D eigenvalue weighted by atomic mass is 10.1. The molecule has 1 aromatic rings. The van der Waals surface area contributed by atoms with Crippen molar-refractivity contribution in [2.24, 2.45) is 0 Å². The Morgan fingerprint density at radius 3 is 2.93 bits per heavy atom. The second-order valence-corrected chi connectivity index (χ2v) is 4.06. The van der Waals surface area contributed by atoms with E-state index in [1.54, 1.807) is 12.1 Å². The molecule has 0 spiro atoms. The van der Waals surface area contributed by atoms with Gasteiger partial charge in [0.2, 0.25) is 5.91 Å². The molecule has 1 aliphatic rings. The second-order valence-electron chi connectivity index (χ2n) is 3.62. The largest absolute Gasteiger partial charge is 0.346 e. The molecule has 0 radical (unpaired) electrons. The zero-order valence-corrected chi connectivity index (χ0v) is 8.97. The Hall–Kier alpha value is -1.35. The van der Waals surface area contributed by atoms with E-state index in [0.717, 1.165) is 5.56 Å². The number of amides is 1. The van der Waals surface area contributed by atoms with E-state index < -0.39 is 6.04 Å². The van der Waals surface area contributed by atoms with E-state index in [4.69, 9.17) is 11.6 Å². The number of carbonyl (C=O) groups excluding carboxylic acids is 2. The number of benzene rings is 1. The smallest absolute Gasteiger partial charge is 0.217 e. The lowest BCUT2D eigenvalue weighted by Gasteiger charge is -2.07. The molecule has 4 heteroatoms. The van der Waals surface area contributed by atoms with Gasteiger partial charge in [0, 0.05) is 23.9 Å². The molecule has 0 aliphatic heterocycles. The van der Waals surface area contributed by atoms with Crippen molar-refractivity contribution in [3.63, 3.8) is 0 Å². The van der Waals surface area contributed by atoms with Gasteiger partial charge >= 0.3 is 0 Å². The fourth-order valence-corrected chi connectivity index (χ4v) is 1.99. The predicted molar refractivity (Wildman–Crippen MR) is 57.1 cm³/mol. The van der Waals surface area contributed by atoms with Crippen LogP contribution in [0.5, 0.6) is 0 Å². The highest BCUT2D eigenvalue weighted by Gasteiger charge is 2.30. The van der Waals surface area contributed by atoms with Gasteiger partial charge in [-0.1, -0.05) is 17.7 Å². The van der Waals surface area contributed by atoms with Gasteiger partial charge in [0.1, 0.15) is 0 Å². The van der Waals surface area contributed by atoms with Gasteiger partial charge < -0.3 is 5.32 Å². The maximum Gasteiger partial charge on any atom is 0.217 e. The summed E-state index contributed by atoms with van der Waals surface area (Å²) < 4.78 is 0. The van der Waals surface area contributed by atoms with E-state index in [2.05, 4.69) is 5.32 Å². The maximum absolute atomic E-state index is 11.8. The molecule has 1 aliphatic carbocycles. The zero-order valence-electron chi connectivity index (χ0n) is 8.21. The van der Waals surface area contributed by atoms with Gasteiger partial charge in [0.25, 0.3) is 0 Å². The number of carbonyl (C=O) groups is 2. The third-order valence-electron chi connectivity index (χ3n) is 2.46. The standard InChI is InChI=1S/C11H10ClNO2/c1-6(14)13-10-4-7-2-3-8(12)5-9(7)11(10)15/h2-3,5,10H,4H2,1H3,(H,13,14)/t10-/m0/s1. The van der Waals surface area contributed by atoms with Crippen LogP contribution in [0, 0.1) is 0 Å². The van der Waals surface area contributed by atoms with Crippen molar-refractivity contribution in [3.8, 4) is 0 Å². The number of ketones is 1. The van der Waals surface area contributed by atoms with Gasteiger partial charge in [-0.25, -0.2) is 0 Å². The molecule has 0 unspecified atom stereocenters. The highest BCUT2D eigenvalue weighted by atomic mass is 35.5. The average molecular weight is 224 g/mol. The van der Waals surface area contributed by atoms with Crippen LogP contribution in [0.25, 0.3) is 0 Å². The number of hydrogen-bond donors (Lipinski definition) is 1. The van der Waals surface area contributed by atoms with Gasteiger partial charge in [-0.15, -0.1) is 0 Å². The molecule has 15 heavy (non-hydrogen) atoms. The Kier molecular flexibility index (Phi) is 2.49. The van der Waals surface area contributed by atoms with Crippen molar-refractivity contribution >= 4 is 23.3 Å². The summed E-state index contributed by atoms with van der Waals surface area (Å²) in [7, 11) is 0. The molecule has 1 atom stereocenters. The van der Waals surface area contributed by atoms with Crippen LogP contribution in [0.3, 0.4) is 0 Å². The third kappa shape index (κ3) is 1.88. The van der Waals surface area contributed by atoms with Crippen LogP contribution >= 0.6 is 11.6 Å². The Bertz CT molecular complexity index is 442. The fourth-order valence-electron chi connectivity index (χ4n) is 1.82. The number of fused-ring (bicyclic) bond motifs is 1. The van der Waals surface area contributed by atoms with E-state index in [1.807, 2.05) is 6.07 Å². The van der Waals surface area contributed by atoms with Gasteiger partial charge in [-0.2, -0.15) is 0 Å². The third-order valence-corrected chi connectivity index (χ3v) is 2.69. The Balaban J connectivity index is 2.29. The number of rotatable bonds is 1. The molecule has 0 aromatic heterocycles. The van der Waals surface area contributed by atoms with Crippen LogP contribution in [0.2, 0.25) is 5.02 Å². The minimum absolute atomic E-state index is 0.0531. The van der Waals surface area contributed by atoms with Crippen LogP contribution in [-0.2, 0) is 11.2 Å². The minimum atomic E-state index is -0.420. The molecule has 1 aromatic carbocycles. The zero-order chi connectivity index (χ0) is 11.0. The normalized spacial score (nSPS) is 18.8. The Morgan fingerprint density at radius 1 is 1.53 bits per heavy atom. The van der Waals surface area contributed by atoms with Crippen LogP contribution in [0.1, 0.15) is 22.8 Å². The average Bonchev–Trinajstić information content (AvgIpc) is 2.44. The Morgan fingerprint density at radius 2 is 2.27 bits per heavy atom. The van der Waals surface area contributed by atoms with Gasteiger partial charge in [-0.05, 0) is 17.7 Å². The molecule has 0 saturated heterocycles. The van der Waals surface area contributed by atoms with Crippen LogP contribution < -0.4 is 5.32 Å². The first-order chi connectivity index (χ1) is 7.08. The topological polar surface area (TPSA) is 46.2 Å². The van der Waals surface area contributed by atoms with E-state index in [0.29, 0.717) is 17.0 Å². The first-order valence-corrected chi connectivity index (χ1v) is 5.05. The summed E-state index contributed by atoms with van der Waals surface area (Å²) in [6, 6.07) is 4.82. The summed E-state index contributed by atoms with van der Waals surface area (Å²) in [4.78, 5) is 22.7. The maximum atomic E-state index is 11.8. The van der Waals surface area contributed by atoms with Crippen LogP contribution in [-0.4, -0.2) is 17.7 Å². The van der Waals surface area contributed by atoms with E-state index >= 15 is 0 Å². The monoisotopic (exact) mass is 223 g/mol. The van der Waals surface area contributed by atoms with Crippen molar-refractivity contribution in [1.82, 2.24) is 5.32 Å². The summed E-state index contributed by atoms with van der Waals surface area (Å²) in [6.07, 6.45) is 0.560. The lowest BCUT2D eigenvalue weighted by molar-refractivity contribution is -0.119. The first kappa shape index (κ1) is 10.2. The number of hydrogen-bond acceptors (Lipinski definition) is 2. The molecule has 78 valence electrons. The molecule has 0 saturated carbocycles. The molecular formula is C11H10ClNO2. The quantitative estimate of drug-likeness (QED) is 0.786. The molecule has 0 fully saturated rings. The fraction of sp³-hybridized carbons (Fsp3) is 0.273. The summed E-state index contributed by atoms with van der Waals surface area (Å²) in [6.45, 7) is 1.41. The summed E-state index contributed by atoms with van der Waals surface area (Å²) in [5, 5.41) is 3.17. The van der Waals surface area contributed by atoms with E-state index in [9.17, 15) is 9.59 Å². The summed E-state index contributed by atoms with van der Waals surface area (Å²) in [5.74, 6) is -0.241. The number of halogens is 1. The predicted octanol–water partition coefficient (Wildman–Crippen LogP) is 1.58. The van der Waals surface area contributed by atoms with E-state index in [1.165, 1.54) is 6.92 Å². The van der Waals surface area contributed by atoms with Crippen molar-refractivity contribution in [1.29, 1.82) is 0 Å². The van der Waals surface area contributed by atoms with Gasteiger partial charge in [-0.3, -0.25) is 9.59 Å². The van der Waals surface area contributed by atoms with Crippen molar-refractivity contribution in [3.05, 3.63) is 34.3 Å². The van der Waals surface area contributed by atoms with Gasteiger partial charge in [0.15, 0.2) is 5.78 Å². The SMILES string of the molecule is CC(=O)N[C@H]1Cc2ccc(Cl)cc2C1=O. The molecule has 0 bridgehead atoms. The van der Waals surface area contributed by atoms with Crippen LogP contribution in [0.15, 0.2) is 18.2 Å². The van der Waals surface area contributed by atoms with Crippen LogP contribution in [0.4, 0.5) is 0 Å². The molecule has 1 amide bonds. The second kappa shape index (κ2) is 3.66. The molecule has 0 heterocycles.